The lowest BCUT2D eigenvalue weighted by Crippen LogP contribution is -2.29. The average molecular weight is 597 g/mol. The van der Waals surface area contributed by atoms with Gasteiger partial charge in [0, 0.05) is 26.2 Å². The minimum atomic E-state index is -0.108. The second-order valence-electron chi connectivity index (χ2n) is 11.7. The maximum Gasteiger partial charge on any atom is 0.0977 e. The van der Waals surface area contributed by atoms with E-state index in [2.05, 4.69) is 204 Å². The quantitative estimate of drug-likeness (QED) is 0.130. The van der Waals surface area contributed by atoms with Gasteiger partial charge < -0.3 is 0 Å². The highest BCUT2D eigenvalue weighted by molar-refractivity contribution is 5.34. The first kappa shape index (κ1) is 30.8. The van der Waals surface area contributed by atoms with E-state index in [0.717, 1.165) is 26.2 Å². The molecule has 0 N–H and O–H groups in total. The molecular weight excluding hydrogens is 556 g/mol. The van der Waals surface area contributed by atoms with Crippen LogP contribution in [0.5, 0.6) is 0 Å². The van der Waals surface area contributed by atoms with E-state index in [1.165, 1.54) is 33.4 Å². The van der Waals surface area contributed by atoms with Crippen LogP contribution in [0.15, 0.2) is 182 Å². The van der Waals surface area contributed by atoms with Crippen LogP contribution in [0, 0.1) is 11.8 Å². The number of hydrogen-bond donors (Lipinski definition) is 0. The molecule has 226 valence electrons. The Morgan fingerprint density at radius 1 is 0.304 bits per heavy atom. The van der Waals surface area contributed by atoms with Crippen LogP contribution in [0.1, 0.15) is 45.5 Å². The van der Waals surface area contributed by atoms with Crippen LogP contribution < -0.4 is 0 Å². The molecule has 2 nitrogen and oxygen atoms in total. The fraction of sp³-hybridized carbons (Fsp3) is 0.136. The van der Waals surface area contributed by atoms with Crippen molar-refractivity contribution in [2.24, 2.45) is 0 Å². The minimum Gasteiger partial charge on any atom is -0.277 e. The zero-order valence-electron chi connectivity index (χ0n) is 26.2. The number of nitrogens with zero attached hydrogens (tertiary/aromatic N) is 2. The predicted molar refractivity (Wildman–Crippen MR) is 190 cm³/mol. The second kappa shape index (κ2) is 16.2. The normalized spacial score (nSPS) is 12.3. The number of rotatable bonds is 12. The molecule has 2 unspecified atom stereocenters. The summed E-state index contributed by atoms with van der Waals surface area (Å²) >= 11 is 0. The molecule has 6 rings (SSSR count). The van der Waals surface area contributed by atoms with E-state index in [9.17, 15) is 0 Å². The zero-order valence-corrected chi connectivity index (χ0v) is 26.2. The van der Waals surface area contributed by atoms with Crippen LogP contribution in [0.4, 0.5) is 0 Å². The van der Waals surface area contributed by atoms with E-state index in [1.54, 1.807) is 0 Å². The molecule has 0 saturated carbocycles. The largest absolute Gasteiger partial charge is 0.277 e. The second-order valence-corrected chi connectivity index (χ2v) is 11.7. The summed E-state index contributed by atoms with van der Waals surface area (Å²) in [6.07, 6.45) is 0. The minimum absolute atomic E-state index is 0.108. The van der Waals surface area contributed by atoms with Crippen molar-refractivity contribution in [2.75, 3.05) is 0 Å². The summed E-state index contributed by atoms with van der Waals surface area (Å²) < 4.78 is 0. The molecule has 0 heterocycles. The lowest BCUT2D eigenvalue weighted by molar-refractivity contribution is 0.212. The Morgan fingerprint density at radius 3 is 0.761 bits per heavy atom. The molecule has 2 heteroatoms. The molecule has 0 aliphatic rings. The molecule has 0 aliphatic carbocycles. The molecule has 6 aromatic carbocycles. The molecule has 0 saturated heterocycles. The van der Waals surface area contributed by atoms with Gasteiger partial charge in [-0.25, -0.2) is 0 Å². The van der Waals surface area contributed by atoms with Crippen LogP contribution in [0.2, 0.25) is 0 Å². The molecule has 0 amide bonds. The van der Waals surface area contributed by atoms with Gasteiger partial charge in [0.15, 0.2) is 0 Å². The van der Waals surface area contributed by atoms with Crippen molar-refractivity contribution in [1.82, 2.24) is 9.80 Å². The predicted octanol–water partition coefficient (Wildman–Crippen LogP) is 9.88. The van der Waals surface area contributed by atoms with E-state index in [-0.39, 0.29) is 12.1 Å². The highest BCUT2D eigenvalue weighted by Crippen LogP contribution is 2.28. The summed E-state index contributed by atoms with van der Waals surface area (Å²) in [5.41, 5.74) is 7.50. The van der Waals surface area contributed by atoms with Gasteiger partial charge in [-0.1, -0.05) is 194 Å². The maximum absolute atomic E-state index is 3.86. The zero-order chi connectivity index (χ0) is 31.2. The molecular formula is C44H40N2. The Bertz CT molecular complexity index is 1560. The maximum atomic E-state index is 3.86. The molecule has 0 aromatic heterocycles. The van der Waals surface area contributed by atoms with Crippen molar-refractivity contribution in [3.8, 4) is 11.8 Å². The van der Waals surface area contributed by atoms with Crippen LogP contribution in [-0.2, 0) is 26.2 Å². The monoisotopic (exact) mass is 596 g/mol. The summed E-state index contributed by atoms with van der Waals surface area (Å²) in [5, 5.41) is 0. The number of hydrogen-bond acceptors (Lipinski definition) is 2. The summed E-state index contributed by atoms with van der Waals surface area (Å²) in [6.45, 7) is 3.16. The Morgan fingerprint density at radius 2 is 0.522 bits per heavy atom. The summed E-state index contributed by atoms with van der Waals surface area (Å²) in [6, 6.07) is 64.3. The Balaban J connectivity index is 1.44. The van der Waals surface area contributed by atoms with E-state index in [4.69, 9.17) is 0 Å². The van der Waals surface area contributed by atoms with Crippen LogP contribution in [0.25, 0.3) is 0 Å². The van der Waals surface area contributed by atoms with Gasteiger partial charge in [-0.2, -0.15) is 0 Å². The van der Waals surface area contributed by atoms with E-state index in [0.29, 0.717) is 0 Å². The van der Waals surface area contributed by atoms with Crippen LogP contribution >= 0.6 is 0 Å². The smallest absolute Gasteiger partial charge is 0.0977 e. The number of benzene rings is 6. The molecule has 0 bridgehead atoms. The highest BCUT2D eigenvalue weighted by Gasteiger charge is 2.23. The van der Waals surface area contributed by atoms with Gasteiger partial charge in [-0.15, -0.1) is 0 Å². The van der Waals surface area contributed by atoms with Gasteiger partial charge in [0.05, 0.1) is 12.1 Å². The lowest BCUT2D eigenvalue weighted by Gasteiger charge is -2.31. The molecule has 0 spiro atoms. The Kier molecular flexibility index (Phi) is 10.9. The average Bonchev–Trinajstić information content (AvgIpc) is 3.12. The molecule has 0 fully saturated rings. The first-order valence-corrected chi connectivity index (χ1v) is 16.1. The summed E-state index contributed by atoms with van der Waals surface area (Å²) in [7, 11) is 0. The van der Waals surface area contributed by atoms with Gasteiger partial charge in [0.2, 0.25) is 0 Å². The van der Waals surface area contributed by atoms with Crippen LogP contribution in [-0.4, -0.2) is 9.80 Å². The first-order chi connectivity index (χ1) is 22.8. The SMILES string of the molecule is C(#CC(c1ccccc1)N(Cc1ccccc1)Cc1ccccc1)C(c1ccccc1)N(Cc1ccccc1)Cc1ccccc1. The third-order valence-electron chi connectivity index (χ3n) is 8.23. The van der Waals surface area contributed by atoms with Gasteiger partial charge in [0.1, 0.15) is 0 Å². The van der Waals surface area contributed by atoms with Crippen molar-refractivity contribution in [3.63, 3.8) is 0 Å². The van der Waals surface area contributed by atoms with E-state index >= 15 is 0 Å². The fourth-order valence-electron chi connectivity index (χ4n) is 5.95. The van der Waals surface area contributed by atoms with Crippen LogP contribution in [0.3, 0.4) is 0 Å². The van der Waals surface area contributed by atoms with Gasteiger partial charge in [-0.3, -0.25) is 9.80 Å². The van der Waals surface area contributed by atoms with Crippen molar-refractivity contribution in [2.45, 2.75) is 38.3 Å². The molecule has 46 heavy (non-hydrogen) atoms. The van der Waals surface area contributed by atoms with Crippen molar-refractivity contribution in [1.29, 1.82) is 0 Å². The molecule has 0 aliphatic heterocycles. The van der Waals surface area contributed by atoms with Crippen molar-refractivity contribution >= 4 is 0 Å². The topological polar surface area (TPSA) is 6.48 Å². The standard InChI is InChI=1S/C44H40N2/c1-7-19-37(20-8-1)33-45(34-38-21-9-2-10-22-38)43(41-27-15-5-16-28-41)31-32-44(42-29-17-6-18-30-42)46(35-39-23-11-3-12-24-39)36-40-25-13-4-14-26-40/h1-30,43-44H,33-36H2. The van der Waals surface area contributed by atoms with Gasteiger partial charge in [0.25, 0.3) is 0 Å². The van der Waals surface area contributed by atoms with Gasteiger partial charge >= 0.3 is 0 Å². The molecule has 0 radical (unpaired) electrons. The molecule has 6 aromatic rings. The van der Waals surface area contributed by atoms with E-state index < -0.39 is 0 Å². The van der Waals surface area contributed by atoms with Crippen molar-refractivity contribution < 1.29 is 0 Å². The molecule has 2 atom stereocenters. The fourth-order valence-corrected chi connectivity index (χ4v) is 5.95. The highest BCUT2D eigenvalue weighted by atomic mass is 15.2. The van der Waals surface area contributed by atoms with Crippen molar-refractivity contribution in [3.05, 3.63) is 215 Å². The van der Waals surface area contributed by atoms with Gasteiger partial charge in [-0.05, 0) is 33.4 Å². The Labute approximate surface area is 274 Å². The lowest BCUT2D eigenvalue weighted by atomic mass is 10.00. The Hall–Kier alpha value is -5.20. The third kappa shape index (κ3) is 8.71. The third-order valence-corrected chi connectivity index (χ3v) is 8.23. The summed E-state index contributed by atoms with van der Waals surface area (Å²) in [4.78, 5) is 5.02. The summed E-state index contributed by atoms with van der Waals surface area (Å²) in [5.74, 6) is 7.72. The van der Waals surface area contributed by atoms with E-state index in [1.807, 2.05) is 0 Å². The first-order valence-electron chi connectivity index (χ1n) is 16.1.